The third-order valence-corrected chi connectivity index (χ3v) is 4.62. The smallest absolute Gasteiger partial charge is 0.122 e. The molecule has 5 unspecified atom stereocenters. The molecule has 0 saturated carbocycles. The first kappa shape index (κ1) is 23.5. The van der Waals surface area contributed by atoms with Gasteiger partial charge in [-0.2, -0.15) is 0 Å². The number of likely N-dealkylation sites (N-methyl/N-ethyl adjacent to an activating group) is 1. The molecule has 0 radical (unpaired) electrons. The molecular formula is C18H37NO5. The van der Waals surface area contributed by atoms with Gasteiger partial charge in [-0.25, -0.2) is 0 Å². The van der Waals surface area contributed by atoms with Crippen LogP contribution in [0.2, 0.25) is 0 Å². The third kappa shape index (κ3) is 9.69. The normalized spacial score (nSPS) is 19.5. The van der Waals surface area contributed by atoms with Crippen LogP contribution in [0.5, 0.6) is 0 Å². The number of methoxy groups -OCH3 is 1. The Hall–Kier alpha value is -0.530. The second kappa shape index (κ2) is 12.8. The van der Waals surface area contributed by atoms with Crippen molar-refractivity contribution in [1.29, 1.82) is 0 Å². The number of aldehydes is 1. The molecule has 0 aliphatic carbocycles. The molecule has 6 atom stereocenters. The van der Waals surface area contributed by atoms with E-state index in [1.807, 2.05) is 25.8 Å². The van der Waals surface area contributed by atoms with Crippen molar-refractivity contribution in [2.45, 2.75) is 70.8 Å². The number of carbonyl (C=O) groups is 1. The number of aliphatic hydroxyl groups is 3. The van der Waals surface area contributed by atoms with Gasteiger partial charge in [0.1, 0.15) is 12.4 Å². The maximum Gasteiger partial charge on any atom is 0.122 e. The molecule has 0 spiro atoms. The summed E-state index contributed by atoms with van der Waals surface area (Å²) in [6, 6.07) is -0.205. The lowest BCUT2D eigenvalue weighted by Gasteiger charge is -2.33. The summed E-state index contributed by atoms with van der Waals surface area (Å²) in [5.74, 6) is 0.323. The van der Waals surface area contributed by atoms with Crippen LogP contribution < -0.4 is 0 Å². The van der Waals surface area contributed by atoms with Crippen LogP contribution in [0.4, 0.5) is 0 Å². The summed E-state index contributed by atoms with van der Waals surface area (Å²) >= 11 is 0. The quantitative estimate of drug-likeness (QED) is 0.407. The Bertz CT molecular complexity index is 329. The molecule has 6 nitrogen and oxygen atoms in total. The molecule has 0 saturated heterocycles. The number of rotatable bonds is 14. The van der Waals surface area contributed by atoms with Crippen molar-refractivity contribution in [3.8, 4) is 0 Å². The van der Waals surface area contributed by atoms with Crippen LogP contribution in [0, 0.1) is 11.8 Å². The summed E-state index contributed by atoms with van der Waals surface area (Å²) in [6.07, 6.45) is 1.85. The minimum absolute atomic E-state index is 0.0571. The molecule has 0 fully saturated rings. The molecule has 0 aliphatic rings. The Morgan fingerprint density at radius 2 is 1.75 bits per heavy atom. The van der Waals surface area contributed by atoms with Crippen LogP contribution in [-0.4, -0.2) is 78.2 Å². The van der Waals surface area contributed by atoms with E-state index in [9.17, 15) is 20.1 Å². The number of aliphatic hydroxyl groups excluding tert-OH is 3. The van der Waals surface area contributed by atoms with E-state index >= 15 is 0 Å². The van der Waals surface area contributed by atoms with Gasteiger partial charge in [0.15, 0.2) is 0 Å². The number of nitrogens with zero attached hydrogens (tertiary/aromatic N) is 1. The average Bonchev–Trinajstić information content (AvgIpc) is 2.52. The van der Waals surface area contributed by atoms with Gasteiger partial charge < -0.3 is 29.8 Å². The molecule has 3 N–H and O–H groups in total. The molecular weight excluding hydrogens is 310 g/mol. The molecule has 0 bridgehead atoms. The highest BCUT2D eigenvalue weighted by molar-refractivity contribution is 5.52. The van der Waals surface area contributed by atoms with Crippen LogP contribution in [0.1, 0.15) is 46.5 Å². The van der Waals surface area contributed by atoms with E-state index < -0.39 is 12.2 Å². The van der Waals surface area contributed by atoms with Crippen LogP contribution in [0.3, 0.4) is 0 Å². The first-order valence-electron chi connectivity index (χ1n) is 8.91. The summed E-state index contributed by atoms with van der Waals surface area (Å²) in [5, 5.41) is 30.0. The van der Waals surface area contributed by atoms with Gasteiger partial charge in [-0.3, -0.25) is 0 Å². The molecule has 24 heavy (non-hydrogen) atoms. The topological polar surface area (TPSA) is 90.2 Å². The van der Waals surface area contributed by atoms with E-state index in [0.717, 1.165) is 25.7 Å². The predicted molar refractivity (Wildman–Crippen MR) is 94.8 cm³/mol. The van der Waals surface area contributed by atoms with E-state index in [2.05, 4.69) is 6.92 Å². The minimum Gasteiger partial charge on any atom is -0.393 e. The Morgan fingerprint density at radius 1 is 1.12 bits per heavy atom. The Balaban J connectivity index is 4.15. The number of hydrogen-bond acceptors (Lipinski definition) is 6. The highest BCUT2D eigenvalue weighted by Gasteiger charge is 2.26. The van der Waals surface area contributed by atoms with Crippen LogP contribution in [-0.2, 0) is 9.53 Å². The van der Waals surface area contributed by atoms with Crippen molar-refractivity contribution in [2.24, 2.45) is 11.8 Å². The van der Waals surface area contributed by atoms with Gasteiger partial charge in [0.25, 0.3) is 0 Å². The monoisotopic (exact) mass is 347 g/mol. The van der Waals surface area contributed by atoms with Gasteiger partial charge in [-0.15, -0.1) is 0 Å². The van der Waals surface area contributed by atoms with Gasteiger partial charge in [-0.05, 0) is 39.2 Å². The van der Waals surface area contributed by atoms with Crippen LogP contribution in [0.25, 0.3) is 0 Å². The molecule has 0 aromatic heterocycles. The lowest BCUT2D eigenvalue weighted by Crippen LogP contribution is -2.48. The molecule has 0 rings (SSSR count). The van der Waals surface area contributed by atoms with E-state index in [0.29, 0.717) is 12.8 Å². The third-order valence-electron chi connectivity index (χ3n) is 4.62. The maximum atomic E-state index is 10.6. The second-order valence-electron chi connectivity index (χ2n) is 7.23. The summed E-state index contributed by atoms with van der Waals surface area (Å²) in [5.41, 5.74) is 0. The lowest BCUT2D eigenvalue weighted by molar-refractivity contribution is -0.110. The van der Waals surface area contributed by atoms with Gasteiger partial charge >= 0.3 is 0 Å². The zero-order valence-electron chi connectivity index (χ0n) is 15.9. The largest absolute Gasteiger partial charge is 0.393 e. The van der Waals surface area contributed by atoms with E-state index in [1.165, 1.54) is 7.11 Å². The van der Waals surface area contributed by atoms with E-state index in [4.69, 9.17) is 4.74 Å². The fraction of sp³-hybridized carbons (Fsp3) is 0.944. The van der Waals surface area contributed by atoms with Crippen LogP contribution >= 0.6 is 0 Å². The van der Waals surface area contributed by atoms with Crippen molar-refractivity contribution in [1.82, 2.24) is 4.90 Å². The van der Waals surface area contributed by atoms with Crippen molar-refractivity contribution < 1.29 is 24.9 Å². The van der Waals surface area contributed by atoms with Crippen molar-refractivity contribution in [3.05, 3.63) is 0 Å². The summed E-state index contributed by atoms with van der Waals surface area (Å²) in [7, 11) is 3.39. The van der Waals surface area contributed by atoms with E-state index in [1.54, 1.807) is 0 Å². The first-order valence-corrected chi connectivity index (χ1v) is 8.91. The summed E-state index contributed by atoms with van der Waals surface area (Å²) in [6.45, 7) is 6.65. The summed E-state index contributed by atoms with van der Waals surface area (Å²) < 4.78 is 4.87. The van der Waals surface area contributed by atoms with Gasteiger partial charge in [0.05, 0.1) is 18.8 Å². The number of ether oxygens (including phenoxy) is 1. The molecule has 144 valence electrons. The standard InChI is InChI=1S/C18H37NO5/c1-13(11-20)7-6-8-16(21)9-14(2)10-19(4)15(3)18(23)17(22)12-24-5/h11,13-18,21-23H,6-10,12H2,1-5H3/t13?,14-,15?,16?,17?,18?/m1/s1. The molecule has 0 aromatic carbocycles. The molecule has 0 amide bonds. The van der Waals surface area contributed by atoms with Crippen LogP contribution in [0.15, 0.2) is 0 Å². The number of hydrogen-bond donors (Lipinski definition) is 3. The Morgan fingerprint density at radius 3 is 2.29 bits per heavy atom. The molecule has 0 aliphatic heterocycles. The average molecular weight is 347 g/mol. The van der Waals surface area contributed by atoms with Crippen molar-refractivity contribution in [2.75, 3.05) is 27.3 Å². The first-order chi connectivity index (χ1) is 11.2. The molecule has 0 heterocycles. The number of carbonyl (C=O) groups excluding carboxylic acids is 1. The SMILES string of the molecule is COCC(O)C(O)C(C)N(C)C[C@H](C)CC(O)CCCC(C)C=O. The van der Waals surface area contributed by atoms with E-state index in [-0.39, 0.29) is 30.6 Å². The van der Waals surface area contributed by atoms with Gasteiger partial charge in [0, 0.05) is 25.6 Å². The van der Waals surface area contributed by atoms with Crippen molar-refractivity contribution in [3.63, 3.8) is 0 Å². The Kier molecular flexibility index (Phi) is 12.5. The van der Waals surface area contributed by atoms with Gasteiger partial charge in [0.2, 0.25) is 0 Å². The Labute approximate surface area is 146 Å². The zero-order chi connectivity index (χ0) is 18.7. The molecule has 6 heteroatoms. The second-order valence-corrected chi connectivity index (χ2v) is 7.23. The summed E-state index contributed by atoms with van der Waals surface area (Å²) in [4.78, 5) is 12.6. The maximum absolute atomic E-state index is 10.6. The zero-order valence-corrected chi connectivity index (χ0v) is 15.9. The fourth-order valence-corrected chi connectivity index (χ4v) is 2.91. The van der Waals surface area contributed by atoms with Crippen molar-refractivity contribution >= 4 is 6.29 Å². The highest BCUT2D eigenvalue weighted by atomic mass is 16.5. The highest BCUT2D eigenvalue weighted by Crippen LogP contribution is 2.16. The molecule has 0 aromatic rings. The van der Waals surface area contributed by atoms with Gasteiger partial charge in [-0.1, -0.05) is 20.3 Å². The predicted octanol–water partition coefficient (Wildman–Crippen LogP) is 1.07. The fourth-order valence-electron chi connectivity index (χ4n) is 2.91. The lowest BCUT2D eigenvalue weighted by atomic mass is 9.96. The minimum atomic E-state index is -0.909.